The third-order valence-corrected chi connectivity index (χ3v) is 6.31. The number of anilines is 1. The molecule has 6 nitrogen and oxygen atoms in total. The number of aryl methyl sites for hydroxylation is 1. The topological polar surface area (TPSA) is 91.2 Å². The summed E-state index contributed by atoms with van der Waals surface area (Å²) in [6, 6.07) is 15.7. The number of benzene rings is 2. The first-order chi connectivity index (χ1) is 15.9. The van der Waals surface area contributed by atoms with Gasteiger partial charge in [0, 0.05) is 16.9 Å². The lowest BCUT2D eigenvalue weighted by Crippen LogP contribution is -2.29. The van der Waals surface area contributed by atoms with Crippen LogP contribution in [0.25, 0.3) is 0 Å². The lowest BCUT2D eigenvalue weighted by Gasteiger charge is -2.29. The number of hydrogen-bond donors (Lipinski definition) is 2. The number of dihydropyridines is 1. The first-order valence-electron chi connectivity index (χ1n) is 10.4. The van der Waals surface area contributed by atoms with Crippen molar-refractivity contribution in [1.82, 2.24) is 5.32 Å². The van der Waals surface area contributed by atoms with Crippen molar-refractivity contribution < 1.29 is 18.7 Å². The Hall–Kier alpha value is -3.57. The standard InChI is InChI=1S/C25H24FN3O3S/c1-4-16-9-5-8-12-20(16)29-21(30)14-33-24-18(13-27)23(17-10-6-7-11-19(17)26)22(15(2)28-24)25(31)32-3/h5-12,23,28H,4,14H2,1-3H3,(H,29,30)/t23-/m0/s1. The number of methoxy groups -OCH3 is 1. The highest BCUT2D eigenvalue weighted by molar-refractivity contribution is 8.03. The number of allylic oxidation sites excluding steroid dienone is 2. The molecule has 0 saturated carbocycles. The molecule has 1 aliphatic rings. The smallest absolute Gasteiger partial charge is 0.336 e. The van der Waals surface area contributed by atoms with Crippen LogP contribution in [0.3, 0.4) is 0 Å². The van der Waals surface area contributed by atoms with E-state index in [9.17, 15) is 19.2 Å². The van der Waals surface area contributed by atoms with E-state index < -0.39 is 17.7 Å². The van der Waals surface area contributed by atoms with Gasteiger partial charge in [0.1, 0.15) is 5.82 Å². The molecular weight excluding hydrogens is 441 g/mol. The number of para-hydroxylation sites is 1. The number of nitrogens with one attached hydrogen (secondary N) is 2. The Balaban J connectivity index is 1.91. The molecule has 33 heavy (non-hydrogen) atoms. The first kappa shape index (κ1) is 24.1. The summed E-state index contributed by atoms with van der Waals surface area (Å²) < 4.78 is 19.6. The molecule has 0 unspecified atom stereocenters. The first-order valence-corrected chi connectivity index (χ1v) is 11.3. The third-order valence-electron chi connectivity index (χ3n) is 5.29. The Kier molecular flexibility index (Phi) is 7.91. The summed E-state index contributed by atoms with van der Waals surface area (Å²) in [4.78, 5) is 25.1. The van der Waals surface area contributed by atoms with Gasteiger partial charge in [-0.25, -0.2) is 9.18 Å². The molecule has 2 N–H and O–H groups in total. The number of rotatable bonds is 7. The lowest BCUT2D eigenvalue weighted by molar-refractivity contribution is -0.136. The minimum absolute atomic E-state index is 0.0242. The van der Waals surface area contributed by atoms with E-state index in [2.05, 4.69) is 16.7 Å². The molecule has 0 fully saturated rings. The van der Waals surface area contributed by atoms with Gasteiger partial charge in [0.25, 0.3) is 0 Å². The lowest BCUT2D eigenvalue weighted by atomic mass is 9.82. The number of carbonyl (C=O) groups excluding carboxylic acids is 2. The molecule has 3 rings (SSSR count). The molecule has 0 radical (unpaired) electrons. The maximum Gasteiger partial charge on any atom is 0.336 e. The van der Waals surface area contributed by atoms with E-state index in [1.54, 1.807) is 13.0 Å². The Labute approximate surface area is 196 Å². The van der Waals surface area contributed by atoms with E-state index in [-0.39, 0.29) is 28.4 Å². The number of hydrogen-bond acceptors (Lipinski definition) is 6. The summed E-state index contributed by atoms with van der Waals surface area (Å²) in [7, 11) is 1.24. The quantitative estimate of drug-likeness (QED) is 0.580. The molecule has 0 aliphatic carbocycles. The van der Waals surface area contributed by atoms with Crippen LogP contribution < -0.4 is 10.6 Å². The summed E-state index contributed by atoms with van der Waals surface area (Å²) in [5.74, 6) is -2.36. The Bertz CT molecular complexity index is 1180. The summed E-state index contributed by atoms with van der Waals surface area (Å²) in [5.41, 5.74) is 2.69. The van der Waals surface area contributed by atoms with Crippen LogP contribution in [0.2, 0.25) is 0 Å². The van der Waals surface area contributed by atoms with Gasteiger partial charge in [-0.1, -0.05) is 55.1 Å². The molecule has 1 heterocycles. The summed E-state index contributed by atoms with van der Waals surface area (Å²) in [5, 5.41) is 16.3. The molecule has 170 valence electrons. The highest BCUT2D eigenvalue weighted by Crippen LogP contribution is 2.41. The monoisotopic (exact) mass is 465 g/mol. The fraction of sp³-hybridized carbons (Fsp3) is 0.240. The fourth-order valence-electron chi connectivity index (χ4n) is 3.70. The zero-order valence-corrected chi connectivity index (χ0v) is 19.4. The van der Waals surface area contributed by atoms with Crippen LogP contribution in [0.1, 0.15) is 30.9 Å². The van der Waals surface area contributed by atoms with Crippen LogP contribution in [0.5, 0.6) is 0 Å². The SMILES string of the molecule is CCc1ccccc1NC(=O)CSC1=C(C#N)[C@H](c2ccccc2F)C(C(=O)OC)=C(C)N1. The van der Waals surface area contributed by atoms with Crippen molar-refractivity contribution in [2.45, 2.75) is 26.2 Å². The average Bonchev–Trinajstić information content (AvgIpc) is 2.82. The molecule has 1 aliphatic heterocycles. The zero-order valence-electron chi connectivity index (χ0n) is 18.6. The van der Waals surface area contributed by atoms with Gasteiger partial charge in [0.2, 0.25) is 5.91 Å². The van der Waals surface area contributed by atoms with E-state index in [0.717, 1.165) is 29.4 Å². The minimum atomic E-state index is -0.948. The molecular formula is C25H24FN3O3S. The Morgan fingerprint density at radius 1 is 1.21 bits per heavy atom. The number of amides is 1. The van der Waals surface area contributed by atoms with Crippen molar-refractivity contribution in [3.05, 3.63) is 87.3 Å². The summed E-state index contributed by atoms with van der Waals surface area (Å²) >= 11 is 1.13. The molecule has 2 aromatic carbocycles. The van der Waals surface area contributed by atoms with E-state index in [0.29, 0.717) is 10.7 Å². The molecule has 2 aromatic rings. The van der Waals surface area contributed by atoms with E-state index in [4.69, 9.17) is 4.74 Å². The zero-order chi connectivity index (χ0) is 24.0. The average molecular weight is 466 g/mol. The van der Waals surface area contributed by atoms with E-state index in [1.165, 1.54) is 25.3 Å². The number of halogens is 1. The number of thioether (sulfide) groups is 1. The molecule has 1 amide bonds. The van der Waals surface area contributed by atoms with Gasteiger partial charge in [0.05, 0.1) is 41.0 Å². The normalized spacial score (nSPS) is 15.5. The van der Waals surface area contributed by atoms with Gasteiger partial charge in [-0.2, -0.15) is 5.26 Å². The molecule has 0 spiro atoms. The maximum absolute atomic E-state index is 14.7. The third kappa shape index (κ3) is 5.26. The van der Waals surface area contributed by atoms with E-state index >= 15 is 0 Å². The minimum Gasteiger partial charge on any atom is -0.466 e. The Morgan fingerprint density at radius 2 is 1.91 bits per heavy atom. The van der Waals surface area contributed by atoms with Crippen molar-refractivity contribution in [2.24, 2.45) is 0 Å². The van der Waals surface area contributed by atoms with Gasteiger partial charge < -0.3 is 15.4 Å². The summed E-state index contributed by atoms with van der Waals surface area (Å²) in [6.07, 6.45) is 0.777. The van der Waals surface area contributed by atoms with Crippen LogP contribution in [-0.2, 0) is 20.7 Å². The van der Waals surface area contributed by atoms with Gasteiger partial charge in [-0.05, 0) is 31.0 Å². The van der Waals surface area contributed by atoms with Crippen molar-refractivity contribution >= 4 is 29.3 Å². The number of nitriles is 1. The second-order valence-electron chi connectivity index (χ2n) is 7.31. The van der Waals surface area contributed by atoms with Crippen molar-refractivity contribution in [2.75, 3.05) is 18.2 Å². The maximum atomic E-state index is 14.7. The number of esters is 1. The highest BCUT2D eigenvalue weighted by Gasteiger charge is 2.36. The second-order valence-corrected chi connectivity index (χ2v) is 8.30. The number of carbonyl (C=O) groups is 2. The molecule has 1 atom stereocenters. The van der Waals surface area contributed by atoms with Gasteiger partial charge >= 0.3 is 5.97 Å². The van der Waals surface area contributed by atoms with Crippen molar-refractivity contribution in [3.63, 3.8) is 0 Å². The predicted octanol–water partition coefficient (Wildman–Crippen LogP) is 4.63. The van der Waals surface area contributed by atoms with Gasteiger partial charge in [-0.3, -0.25) is 4.79 Å². The van der Waals surface area contributed by atoms with Crippen LogP contribution in [0.4, 0.5) is 10.1 Å². The predicted molar refractivity (Wildman–Crippen MR) is 127 cm³/mol. The van der Waals surface area contributed by atoms with E-state index in [1.807, 2.05) is 31.2 Å². The molecule has 0 aromatic heterocycles. The van der Waals surface area contributed by atoms with Crippen LogP contribution >= 0.6 is 11.8 Å². The van der Waals surface area contributed by atoms with Gasteiger partial charge in [-0.15, -0.1) is 0 Å². The van der Waals surface area contributed by atoms with Crippen LogP contribution in [-0.4, -0.2) is 24.7 Å². The van der Waals surface area contributed by atoms with Crippen molar-refractivity contribution in [1.29, 1.82) is 5.26 Å². The molecule has 0 bridgehead atoms. The molecule has 8 heteroatoms. The highest BCUT2D eigenvalue weighted by atomic mass is 32.2. The van der Waals surface area contributed by atoms with Gasteiger partial charge in [0.15, 0.2) is 0 Å². The van der Waals surface area contributed by atoms with Crippen LogP contribution in [0.15, 0.2) is 70.4 Å². The fourth-order valence-corrected chi connectivity index (χ4v) is 4.59. The number of nitrogens with zero attached hydrogens (tertiary/aromatic N) is 1. The Morgan fingerprint density at radius 3 is 2.58 bits per heavy atom. The summed E-state index contributed by atoms with van der Waals surface area (Å²) in [6.45, 7) is 3.67. The molecule has 0 saturated heterocycles. The largest absolute Gasteiger partial charge is 0.466 e. The van der Waals surface area contributed by atoms with Crippen LogP contribution in [0, 0.1) is 17.1 Å². The number of ether oxygens (including phenoxy) is 1. The van der Waals surface area contributed by atoms with Crippen molar-refractivity contribution in [3.8, 4) is 6.07 Å². The second kappa shape index (κ2) is 10.8.